The maximum atomic E-state index is 12.2. The quantitative estimate of drug-likeness (QED) is 0.496. The highest BCUT2D eigenvalue weighted by Crippen LogP contribution is 2.13. The molecule has 0 spiro atoms. The zero-order valence-electron chi connectivity index (χ0n) is 14.2. The van der Waals surface area contributed by atoms with E-state index in [1.165, 1.54) is 13.0 Å². The first-order valence-corrected chi connectivity index (χ1v) is 7.51. The van der Waals surface area contributed by atoms with Crippen molar-refractivity contribution in [1.82, 2.24) is 0 Å². The van der Waals surface area contributed by atoms with Crippen LogP contribution in [0.1, 0.15) is 45.0 Å². The molecule has 0 aliphatic carbocycles. The molecule has 0 saturated heterocycles. The Morgan fingerprint density at radius 1 is 1.04 bits per heavy atom. The van der Waals surface area contributed by atoms with Gasteiger partial charge in [0.05, 0.1) is 0 Å². The summed E-state index contributed by atoms with van der Waals surface area (Å²) in [5.41, 5.74) is 1.85. The largest absolute Gasteiger partial charge is 0.451 e. The maximum absolute atomic E-state index is 12.2. The monoisotopic (exact) mass is 317 g/mol. The molecule has 0 heterocycles. The number of ether oxygens (including phenoxy) is 1. The number of amides is 1. The van der Waals surface area contributed by atoms with Gasteiger partial charge in [-0.2, -0.15) is 0 Å². The van der Waals surface area contributed by atoms with Crippen molar-refractivity contribution in [2.75, 3.05) is 5.32 Å². The minimum Gasteiger partial charge on any atom is -0.451 e. The van der Waals surface area contributed by atoms with Crippen LogP contribution in [0.3, 0.4) is 0 Å². The first-order chi connectivity index (χ1) is 10.7. The molecule has 23 heavy (non-hydrogen) atoms. The summed E-state index contributed by atoms with van der Waals surface area (Å²) >= 11 is 0. The van der Waals surface area contributed by atoms with Crippen LogP contribution in [0.5, 0.6) is 0 Å². The standard InChI is InChI=1S/C18H23NO4/c1-11(2)10-16(20)23-13(5)17(21)14-6-8-15(9-7-14)19-18(22)12(3)4/h6-10,12-13H,1-5H3,(H,19,22). The molecule has 1 aromatic rings. The predicted molar refractivity (Wildman–Crippen MR) is 89.2 cm³/mol. The van der Waals surface area contributed by atoms with Gasteiger partial charge in [0.25, 0.3) is 0 Å². The van der Waals surface area contributed by atoms with Gasteiger partial charge in [0, 0.05) is 23.2 Å². The van der Waals surface area contributed by atoms with Gasteiger partial charge in [0.2, 0.25) is 11.7 Å². The van der Waals surface area contributed by atoms with E-state index in [0.717, 1.165) is 5.57 Å². The van der Waals surface area contributed by atoms with Gasteiger partial charge in [0.1, 0.15) is 0 Å². The van der Waals surface area contributed by atoms with E-state index in [-0.39, 0.29) is 17.6 Å². The number of ketones is 1. The average molecular weight is 317 g/mol. The Hall–Kier alpha value is -2.43. The zero-order valence-corrected chi connectivity index (χ0v) is 14.2. The van der Waals surface area contributed by atoms with Crippen molar-refractivity contribution in [2.24, 2.45) is 5.92 Å². The lowest BCUT2D eigenvalue weighted by molar-refractivity contribution is -0.140. The smallest absolute Gasteiger partial charge is 0.331 e. The summed E-state index contributed by atoms with van der Waals surface area (Å²) in [5.74, 6) is -1.03. The normalized spacial score (nSPS) is 11.6. The van der Waals surface area contributed by atoms with Crippen LogP contribution < -0.4 is 5.32 Å². The highest BCUT2D eigenvalue weighted by atomic mass is 16.5. The second-order valence-electron chi connectivity index (χ2n) is 5.89. The highest BCUT2D eigenvalue weighted by molar-refractivity contribution is 6.01. The number of hydrogen-bond donors (Lipinski definition) is 1. The van der Waals surface area contributed by atoms with Crippen LogP contribution >= 0.6 is 0 Å². The first-order valence-electron chi connectivity index (χ1n) is 7.51. The van der Waals surface area contributed by atoms with Crippen molar-refractivity contribution in [1.29, 1.82) is 0 Å². The van der Waals surface area contributed by atoms with Gasteiger partial charge in [0.15, 0.2) is 6.10 Å². The van der Waals surface area contributed by atoms with Gasteiger partial charge in [-0.1, -0.05) is 19.4 Å². The van der Waals surface area contributed by atoms with E-state index >= 15 is 0 Å². The van der Waals surface area contributed by atoms with Crippen LogP contribution in [-0.4, -0.2) is 23.8 Å². The molecular formula is C18H23NO4. The molecule has 0 saturated carbocycles. The van der Waals surface area contributed by atoms with Crippen LogP contribution in [0.25, 0.3) is 0 Å². The van der Waals surface area contributed by atoms with Crippen LogP contribution in [0.2, 0.25) is 0 Å². The molecule has 0 bridgehead atoms. The third kappa shape index (κ3) is 6.06. The molecule has 1 rings (SSSR count). The van der Waals surface area contributed by atoms with Gasteiger partial charge < -0.3 is 10.1 Å². The van der Waals surface area contributed by atoms with Crippen molar-refractivity contribution in [3.8, 4) is 0 Å². The number of allylic oxidation sites excluding steroid dienone is 1. The molecule has 1 amide bonds. The fourth-order valence-corrected chi connectivity index (χ4v) is 1.74. The number of Topliss-reactive ketones (excluding diaryl/α,β-unsaturated/α-hetero) is 1. The zero-order chi connectivity index (χ0) is 17.6. The Morgan fingerprint density at radius 3 is 2.09 bits per heavy atom. The second-order valence-corrected chi connectivity index (χ2v) is 5.89. The van der Waals surface area contributed by atoms with Crippen molar-refractivity contribution in [3.05, 3.63) is 41.5 Å². The van der Waals surface area contributed by atoms with Crippen molar-refractivity contribution < 1.29 is 19.1 Å². The van der Waals surface area contributed by atoms with Crippen LogP contribution in [0, 0.1) is 5.92 Å². The molecule has 1 aromatic carbocycles. The molecule has 5 heteroatoms. The predicted octanol–water partition coefficient (Wildman–Crippen LogP) is 3.36. The average Bonchev–Trinajstić information content (AvgIpc) is 2.46. The molecular weight excluding hydrogens is 294 g/mol. The summed E-state index contributed by atoms with van der Waals surface area (Å²) in [5, 5.41) is 2.75. The summed E-state index contributed by atoms with van der Waals surface area (Å²) in [6.07, 6.45) is 0.475. The third-order valence-corrected chi connectivity index (χ3v) is 3.03. The summed E-state index contributed by atoms with van der Waals surface area (Å²) in [6.45, 7) is 8.69. The van der Waals surface area contributed by atoms with E-state index in [9.17, 15) is 14.4 Å². The number of carbonyl (C=O) groups excluding carboxylic acids is 3. The highest BCUT2D eigenvalue weighted by Gasteiger charge is 2.18. The molecule has 0 fully saturated rings. The topological polar surface area (TPSA) is 72.5 Å². The van der Waals surface area contributed by atoms with Crippen LogP contribution in [0.15, 0.2) is 35.9 Å². The van der Waals surface area contributed by atoms with Gasteiger partial charge in [-0.25, -0.2) is 4.79 Å². The minimum atomic E-state index is -0.866. The van der Waals surface area contributed by atoms with E-state index in [0.29, 0.717) is 11.3 Å². The van der Waals surface area contributed by atoms with E-state index in [1.807, 2.05) is 0 Å². The van der Waals surface area contributed by atoms with Crippen LogP contribution in [0.4, 0.5) is 5.69 Å². The Kier molecular flexibility index (Phi) is 6.69. The third-order valence-electron chi connectivity index (χ3n) is 3.03. The fourth-order valence-electron chi connectivity index (χ4n) is 1.74. The summed E-state index contributed by atoms with van der Waals surface area (Å²) in [6, 6.07) is 6.50. The van der Waals surface area contributed by atoms with E-state index < -0.39 is 12.1 Å². The number of esters is 1. The molecule has 0 radical (unpaired) electrons. The summed E-state index contributed by atoms with van der Waals surface area (Å²) in [7, 11) is 0. The van der Waals surface area contributed by atoms with E-state index in [4.69, 9.17) is 4.74 Å². The fraction of sp³-hybridized carbons (Fsp3) is 0.389. The first kappa shape index (κ1) is 18.6. The lowest BCUT2D eigenvalue weighted by Gasteiger charge is -2.12. The van der Waals surface area contributed by atoms with Gasteiger partial charge in [-0.05, 0) is 45.0 Å². The Bertz CT molecular complexity index is 610. The lowest BCUT2D eigenvalue weighted by Crippen LogP contribution is -2.23. The van der Waals surface area contributed by atoms with E-state index in [1.54, 1.807) is 52.0 Å². The molecule has 1 unspecified atom stereocenters. The number of nitrogens with one attached hydrogen (secondary N) is 1. The van der Waals surface area contributed by atoms with Gasteiger partial charge in [-0.15, -0.1) is 0 Å². The Balaban J connectivity index is 2.72. The molecule has 0 aliphatic rings. The van der Waals surface area contributed by atoms with Crippen molar-refractivity contribution >= 4 is 23.3 Å². The lowest BCUT2D eigenvalue weighted by atomic mass is 10.1. The summed E-state index contributed by atoms with van der Waals surface area (Å²) < 4.78 is 5.07. The van der Waals surface area contributed by atoms with Gasteiger partial charge in [-0.3, -0.25) is 9.59 Å². The van der Waals surface area contributed by atoms with E-state index in [2.05, 4.69) is 5.32 Å². The van der Waals surface area contributed by atoms with Gasteiger partial charge >= 0.3 is 5.97 Å². The number of hydrogen-bond acceptors (Lipinski definition) is 4. The molecule has 1 atom stereocenters. The molecule has 5 nitrogen and oxygen atoms in total. The Labute approximate surface area is 136 Å². The molecule has 0 aliphatic heterocycles. The van der Waals surface area contributed by atoms with Crippen LogP contribution in [-0.2, 0) is 14.3 Å². The molecule has 0 aromatic heterocycles. The number of carbonyl (C=O) groups is 3. The SMILES string of the molecule is CC(C)=CC(=O)OC(C)C(=O)c1ccc(NC(=O)C(C)C)cc1. The second kappa shape index (κ2) is 8.27. The number of benzene rings is 1. The Morgan fingerprint density at radius 2 is 1.61 bits per heavy atom. The molecule has 124 valence electrons. The van der Waals surface area contributed by atoms with Crippen molar-refractivity contribution in [2.45, 2.75) is 40.7 Å². The summed E-state index contributed by atoms with van der Waals surface area (Å²) in [4.78, 5) is 35.4. The maximum Gasteiger partial charge on any atom is 0.331 e. The van der Waals surface area contributed by atoms with Crippen molar-refractivity contribution in [3.63, 3.8) is 0 Å². The minimum absolute atomic E-state index is 0.0897. The number of anilines is 1. The number of rotatable bonds is 6. The molecule has 1 N–H and O–H groups in total.